The summed E-state index contributed by atoms with van der Waals surface area (Å²) in [6.45, 7) is 1.92. The van der Waals surface area contributed by atoms with E-state index in [1.807, 2.05) is 49.4 Å². The van der Waals surface area contributed by atoms with E-state index < -0.39 is 6.04 Å². The normalized spacial score (nSPS) is 12.3. The second-order valence-corrected chi connectivity index (χ2v) is 4.81. The fourth-order valence-corrected chi connectivity index (χ4v) is 2.00. The van der Waals surface area contributed by atoms with E-state index in [1.165, 1.54) is 0 Å². The Hall–Kier alpha value is -1.62. The lowest BCUT2D eigenvalue weighted by atomic mass is 10.1. The summed E-state index contributed by atoms with van der Waals surface area (Å²) in [4.78, 5) is 16.1. The van der Waals surface area contributed by atoms with Gasteiger partial charge in [0.1, 0.15) is 0 Å². The maximum atomic E-state index is 12.1. The minimum atomic E-state index is -0.545. The van der Waals surface area contributed by atoms with Crippen LogP contribution in [0.3, 0.4) is 0 Å². The first kappa shape index (κ1) is 20.4. The molecule has 1 heterocycles. The fourth-order valence-electron chi connectivity index (χ4n) is 2.00. The van der Waals surface area contributed by atoms with Crippen LogP contribution in [0.4, 0.5) is 0 Å². The van der Waals surface area contributed by atoms with Gasteiger partial charge in [-0.25, -0.2) is 0 Å². The summed E-state index contributed by atoms with van der Waals surface area (Å²) in [6, 6.07) is 12.9. The molecule has 0 aliphatic heterocycles. The summed E-state index contributed by atoms with van der Waals surface area (Å²) in [5.41, 5.74) is 7.97. The molecule has 0 bridgehead atoms. The van der Waals surface area contributed by atoms with Crippen molar-refractivity contribution in [2.45, 2.75) is 25.4 Å². The van der Waals surface area contributed by atoms with Gasteiger partial charge in [0.05, 0.1) is 12.1 Å². The highest BCUT2D eigenvalue weighted by molar-refractivity contribution is 5.85. The molecule has 0 aliphatic rings. The molecule has 2 atom stereocenters. The average Bonchev–Trinajstić information content (AvgIpc) is 2.49. The molecule has 0 fully saturated rings. The van der Waals surface area contributed by atoms with E-state index in [1.54, 1.807) is 12.4 Å². The molecule has 1 unspecified atom stereocenters. The summed E-state index contributed by atoms with van der Waals surface area (Å²) in [7, 11) is 0. The number of nitrogens with one attached hydrogen (secondary N) is 1. The van der Waals surface area contributed by atoms with Gasteiger partial charge in [0.15, 0.2) is 0 Å². The Bertz CT molecular complexity index is 552. The van der Waals surface area contributed by atoms with E-state index in [0.717, 1.165) is 11.1 Å². The molecule has 1 aromatic carbocycles. The van der Waals surface area contributed by atoms with Crippen LogP contribution in [0.5, 0.6) is 0 Å². The Balaban J connectivity index is 0.00000220. The lowest BCUT2D eigenvalue weighted by molar-refractivity contribution is -0.123. The van der Waals surface area contributed by atoms with E-state index in [4.69, 9.17) is 5.73 Å². The third-order valence-corrected chi connectivity index (χ3v) is 3.18. The zero-order valence-corrected chi connectivity index (χ0v) is 13.9. The number of hydrogen-bond acceptors (Lipinski definition) is 3. The van der Waals surface area contributed by atoms with Gasteiger partial charge in [0.2, 0.25) is 5.91 Å². The minimum Gasteiger partial charge on any atom is -0.348 e. The van der Waals surface area contributed by atoms with Gasteiger partial charge >= 0.3 is 0 Å². The Morgan fingerprint density at radius 1 is 1.18 bits per heavy atom. The Morgan fingerprint density at radius 3 is 2.45 bits per heavy atom. The summed E-state index contributed by atoms with van der Waals surface area (Å²) < 4.78 is 0. The number of halogens is 2. The summed E-state index contributed by atoms with van der Waals surface area (Å²) in [6.07, 6.45) is 3.99. The van der Waals surface area contributed by atoms with Crippen LogP contribution in [0, 0.1) is 0 Å². The molecule has 0 spiro atoms. The number of carbonyl (C=O) groups excluding carboxylic acids is 1. The van der Waals surface area contributed by atoms with Gasteiger partial charge in [-0.3, -0.25) is 9.78 Å². The zero-order chi connectivity index (χ0) is 14.4. The molecule has 0 saturated heterocycles. The number of carbonyl (C=O) groups is 1. The summed E-state index contributed by atoms with van der Waals surface area (Å²) in [5, 5.41) is 2.91. The van der Waals surface area contributed by atoms with E-state index in [-0.39, 0.29) is 36.8 Å². The Morgan fingerprint density at radius 2 is 1.86 bits per heavy atom. The van der Waals surface area contributed by atoms with Crippen LogP contribution in [-0.4, -0.2) is 16.9 Å². The molecular formula is C16H21Cl2N3O. The maximum Gasteiger partial charge on any atom is 0.237 e. The molecule has 2 rings (SSSR count). The number of hydrogen-bond donors (Lipinski definition) is 2. The summed E-state index contributed by atoms with van der Waals surface area (Å²) in [5.74, 6) is -0.148. The molecule has 6 heteroatoms. The highest BCUT2D eigenvalue weighted by atomic mass is 35.5. The molecule has 1 aromatic heterocycles. The van der Waals surface area contributed by atoms with Crippen LogP contribution in [0.15, 0.2) is 54.9 Å². The van der Waals surface area contributed by atoms with Crippen LogP contribution >= 0.6 is 24.8 Å². The van der Waals surface area contributed by atoms with E-state index in [9.17, 15) is 4.79 Å². The van der Waals surface area contributed by atoms with Crippen LogP contribution in [0.2, 0.25) is 0 Å². The third-order valence-electron chi connectivity index (χ3n) is 3.18. The third kappa shape index (κ3) is 6.02. The first-order valence-corrected chi connectivity index (χ1v) is 6.66. The number of amides is 1. The van der Waals surface area contributed by atoms with Gasteiger partial charge in [-0.15, -0.1) is 24.8 Å². The predicted octanol–water partition coefficient (Wildman–Crippen LogP) is 2.67. The maximum absolute atomic E-state index is 12.1. The van der Waals surface area contributed by atoms with Gasteiger partial charge in [0.25, 0.3) is 0 Å². The lowest BCUT2D eigenvalue weighted by Gasteiger charge is -2.17. The largest absolute Gasteiger partial charge is 0.348 e. The van der Waals surface area contributed by atoms with Gasteiger partial charge in [-0.1, -0.05) is 36.4 Å². The van der Waals surface area contributed by atoms with Crippen molar-refractivity contribution in [3.63, 3.8) is 0 Å². The first-order valence-electron chi connectivity index (χ1n) is 6.66. The smallest absolute Gasteiger partial charge is 0.237 e. The topological polar surface area (TPSA) is 68.0 Å². The molecule has 3 N–H and O–H groups in total. The molecule has 4 nitrogen and oxygen atoms in total. The monoisotopic (exact) mass is 341 g/mol. The van der Waals surface area contributed by atoms with E-state index in [2.05, 4.69) is 10.3 Å². The molecule has 120 valence electrons. The predicted molar refractivity (Wildman–Crippen MR) is 93.4 cm³/mol. The molecule has 22 heavy (non-hydrogen) atoms. The van der Waals surface area contributed by atoms with Crippen molar-refractivity contribution in [1.29, 1.82) is 0 Å². The van der Waals surface area contributed by atoms with Crippen LogP contribution in [-0.2, 0) is 11.2 Å². The molecule has 0 aliphatic carbocycles. The number of pyridine rings is 1. The van der Waals surface area contributed by atoms with Gasteiger partial charge in [0, 0.05) is 12.4 Å². The average molecular weight is 342 g/mol. The van der Waals surface area contributed by atoms with Crippen molar-refractivity contribution in [2.24, 2.45) is 5.73 Å². The zero-order valence-electron chi connectivity index (χ0n) is 12.3. The van der Waals surface area contributed by atoms with Crippen molar-refractivity contribution in [2.75, 3.05) is 0 Å². The SMILES string of the molecule is C[C@H](NC(=O)C(N)Cc1ccccc1)c1cccnc1.Cl.Cl. The number of benzene rings is 1. The number of nitrogens with two attached hydrogens (primary N) is 1. The molecular weight excluding hydrogens is 321 g/mol. The first-order chi connectivity index (χ1) is 9.66. The molecule has 0 saturated carbocycles. The quantitative estimate of drug-likeness (QED) is 0.878. The molecule has 2 aromatic rings. The Kier molecular flexibility index (Phi) is 9.42. The standard InChI is InChI=1S/C16H19N3O.2ClH/c1-12(14-8-5-9-18-11-14)19-16(20)15(17)10-13-6-3-2-4-7-13;;/h2-9,11-12,15H,10,17H2,1H3,(H,19,20);2*1H/t12-,15?;;/m0../s1. The Labute approximate surface area is 143 Å². The minimum absolute atomic E-state index is 0. The van der Waals surface area contributed by atoms with Crippen molar-refractivity contribution in [1.82, 2.24) is 10.3 Å². The van der Waals surface area contributed by atoms with Crippen molar-refractivity contribution < 1.29 is 4.79 Å². The van der Waals surface area contributed by atoms with Crippen LogP contribution in [0.25, 0.3) is 0 Å². The summed E-state index contributed by atoms with van der Waals surface area (Å²) >= 11 is 0. The van der Waals surface area contributed by atoms with E-state index >= 15 is 0 Å². The number of nitrogens with zero attached hydrogens (tertiary/aromatic N) is 1. The van der Waals surface area contributed by atoms with Crippen LogP contribution in [0.1, 0.15) is 24.1 Å². The van der Waals surface area contributed by atoms with Gasteiger partial charge in [-0.2, -0.15) is 0 Å². The number of rotatable bonds is 5. The van der Waals surface area contributed by atoms with Crippen molar-refractivity contribution >= 4 is 30.7 Å². The molecule has 0 radical (unpaired) electrons. The number of aromatic nitrogens is 1. The second-order valence-electron chi connectivity index (χ2n) is 4.81. The van der Waals surface area contributed by atoms with Gasteiger partial charge < -0.3 is 11.1 Å². The van der Waals surface area contributed by atoms with E-state index in [0.29, 0.717) is 6.42 Å². The second kappa shape index (κ2) is 10.2. The highest BCUT2D eigenvalue weighted by Gasteiger charge is 2.16. The van der Waals surface area contributed by atoms with Crippen molar-refractivity contribution in [3.05, 3.63) is 66.0 Å². The fraction of sp³-hybridized carbons (Fsp3) is 0.250. The highest BCUT2D eigenvalue weighted by Crippen LogP contribution is 2.10. The van der Waals surface area contributed by atoms with Crippen LogP contribution < -0.4 is 11.1 Å². The molecule has 1 amide bonds. The van der Waals surface area contributed by atoms with Gasteiger partial charge in [-0.05, 0) is 30.5 Å². The lowest BCUT2D eigenvalue weighted by Crippen LogP contribution is -2.42. The van der Waals surface area contributed by atoms with Crippen molar-refractivity contribution in [3.8, 4) is 0 Å².